The number of hydrogen-bond donors (Lipinski definition) is 1. The maximum absolute atomic E-state index is 13.3. The van der Waals surface area contributed by atoms with Crippen molar-refractivity contribution < 1.29 is 9.50 Å². The molecule has 1 nitrogen and oxygen atoms in total. The molecule has 0 radical (unpaired) electrons. The van der Waals surface area contributed by atoms with Crippen molar-refractivity contribution in [1.29, 1.82) is 0 Å². The Morgan fingerprint density at radius 1 is 1.60 bits per heavy atom. The van der Waals surface area contributed by atoms with Gasteiger partial charge in [0.05, 0.1) is 6.10 Å². The summed E-state index contributed by atoms with van der Waals surface area (Å²) in [6.45, 7) is 2.10. The molecule has 0 aromatic heterocycles. The van der Waals surface area contributed by atoms with Gasteiger partial charge < -0.3 is 5.11 Å². The number of hydrogen-bond acceptors (Lipinski definition) is 1. The molecule has 0 spiro atoms. The monoisotopic (exact) mass is 228 g/mol. The number of rotatable bonds is 3. The van der Waals surface area contributed by atoms with E-state index in [4.69, 9.17) is 11.6 Å². The van der Waals surface area contributed by atoms with E-state index in [9.17, 15) is 9.50 Å². The van der Waals surface area contributed by atoms with E-state index in [1.54, 1.807) is 6.07 Å². The first-order chi connectivity index (χ1) is 7.08. The Balaban J connectivity index is 2.06. The van der Waals surface area contributed by atoms with Crippen molar-refractivity contribution in [2.45, 2.75) is 25.9 Å². The molecule has 0 amide bonds. The Morgan fingerprint density at radius 2 is 2.27 bits per heavy atom. The molecule has 2 rings (SSSR count). The second kappa shape index (κ2) is 4.11. The summed E-state index contributed by atoms with van der Waals surface area (Å²) in [7, 11) is 0. The van der Waals surface area contributed by atoms with Crippen LogP contribution in [-0.2, 0) is 6.42 Å². The molecule has 3 heteroatoms. The molecule has 0 aliphatic heterocycles. The van der Waals surface area contributed by atoms with Crippen LogP contribution in [-0.4, -0.2) is 11.2 Å². The molecule has 1 aliphatic carbocycles. The minimum atomic E-state index is -0.437. The quantitative estimate of drug-likeness (QED) is 0.843. The lowest BCUT2D eigenvalue weighted by Crippen LogP contribution is -2.14. The molecule has 1 saturated carbocycles. The first kappa shape index (κ1) is 10.9. The topological polar surface area (TPSA) is 20.2 Å². The molecule has 1 N–H and O–H groups in total. The molecule has 3 unspecified atom stereocenters. The zero-order chi connectivity index (χ0) is 11.0. The first-order valence-corrected chi connectivity index (χ1v) is 5.57. The van der Waals surface area contributed by atoms with E-state index >= 15 is 0 Å². The van der Waals surface area contributed by atoms with Gasteiger partial charge in [-0.25, -0.2) is 4.39 Å². The molecule has 0 bridgehead atoms. The van der Waals surface area contributed by atoms with Gasteiger partial charge in [0.2, 0.25) is 0 Å². The van der Waals surface area contributed by atoms with Gasteiger partial charge in [0.25, 0.3) is 0 Å². The largest absolute Gasteiger partial charge is 0.392 e. The van der Waals surface area contributed by atoms with Gasteiger partial charge in [-0.2, -0.15) is 0 Å². The van der Waals surface area contributed by atoms with Crippen LogP contribution < -0.4 is 0 Å². The van der Waals surface area contributed by atoms with Crippen LogP contribution >= 0.6 is 11.6 Å². The minimum absolute atomic E-state index is 0.285. The molecule has 1 aromatic carbocycles. The minimum Gasteiger partial charge on any atom is -0.392 e. The van der Waals surface area contributed by atoms with Crippen molar-refractivity contribution in [3.05, 3.63) is 34.6 Å². The van der Waals surface area contributed by atoms with Gasteiger partial charge >= 0.3 is 0 Å². The highest BCUT2D eigenvalue weighted by molar-refractivity contribution is 6.30. The van der Waals surface area contributed by atoms with Gasteiger partial charge in [-0.15, -0.1) is 0 Å². The third-order valence-corrected chi connectivity index (χ3v) is 3.34. The second-order valence-corrected chi connectivity index (χ2v) is 4.82. The van der Waals surface area contributed by atoms with Crippen molar-refractivity contribution in [3.63, 3.8) is 0 Å². The summed E-state index contributed by atoms with van der Waals surface area (Å²) >= 11 is 5.78. The van der Waals surface area contributed by atoms with Gasteiger partial charge in [-0.1, -0.05) is 18.5 Å². The fourth-order valence-electron chi connectivity index (χ4n) is 1.96. The second-order valence-electron chi connectivity index (χ2n) is 4.38. The maximum Gasteiger partial charge on any atom is 0.126 e. The SMILES string of the molecule is CC1CC1C(O)Cc1cc(Cl)ccc1F. The Labute approximate surface area is 93.9 Å². The molecule has 3 atom stereocenters. The fraction of sp³-hybridized carbons (Fsp3) is 0.500. The molecule has 1 fully saturated rings. The van der Waals surface area contributed by atoms with Crippen LogP contribution in [0.4, 0.5) is 4.39 Å². The predicted octanol–water partition coefficient (Wildman–Crippen LogP) is 3.04. The first-order valence-electron chi connectivity index (χ1n) is 5.20. The molecule has 82 valence electrons. The smallest absolute Gasteiger partial charge is 0.126 e. The summed E-state index contributed by atoms with van der Waals surface area (Å²) in [5, 5.41) is 10.3. The van der Waals surface area contributed by atoms with Crippen molar-refractivity contribution in [1.82, 2.24) is 0 Å². The molecule has 0 saturated heterocycles. The van der Waals surface area contributed by atoms with Crippen LogP contribution in [0.5, 0.6) is 0 Å². The summed E-state index contributed by atoms with van der Waals surface area (Å²) in [6.07, 6.45) is 0.970. The average molecular weight is 229 g/mol. The number of halogens is 2. The predicted molar refractivity (Wildman–Crippen MR) is 58.4 cm³/mol. The summed E-state index contributed by atoms with van der Waals surface area (Å²) < 4.78 is 13.3. The Bertz CT molecular complexity index is 367. The maximum atomic E-state index is 13.3. The van der Waals surface area contributed by atoms with Gasteiger partial charge in [0, 0.05) is 11.4 Å². The molecule has 1 aliphatic rings. The van der Waals surface area contributed by atoms with E-state index in [1.165, 1.54) is 12.1 Å². The lowest BCUT2D eigenvalue weighted by Gasteiger charge is -2.10. The van der Waals surface area contributed by atoms with Crippen LogP contribution in [0.2, 0.25) is 5.02 Å². The van der Waals surface area contributed by atoms with Crippen LogP contribution in [0.15, 0.2) is 18.2 Å². The zero-order valence-electron chi connectivity index (χ0n) is 8.58. The average Bonchev–Trinajstić information content (AvgIpc) is 2.89. The Kier molecular flexibility index (Phi) is 2.98. The van der Waals surface area contributed by atoms with Crippen molar-refractivity contribution in [3.8, 4) is 0 Å². The molecule has 1 aromatic rings. The summed E-state index contributed by atoms with van der Waals surface area (Å²) in [6, 6.07) is 4.46. The standard InChI is InChI=1S/C12H14ClFO/c1-7-4-10(7)12(15)6-8-5-9(13)2-3-11(8)14/h2-3,5,7,10,12,15H,4,6H2,1H3. The molecular formula is C12H14ClFO. The lowest BCUT2D eigenvalue weighted by atomic mass is 10.0. The zero-order valence-corrected chi connectivity index (χ0v) is 9.34. The Morgan fingerprint density at radius 3 is 2.87 bits per heavy atom. The number of benzene rings is 1. The third-order valence-electron chi connectivity index (χ3n) is 3.10. The van der Waals surface area contributed by atoms with Crippen LogP contribution in [0, 0.1) is 17.7 Å². The summed E-state index contributed by atoms with van der Waals surface area (Å²) in [5.74, 6) is 0.623. The van der Waals surface area contributed by atoms with Gasteiger partial charge in [-0.05, 0) is 42.0 Å². The van der Waals surface area contributed by atoms with E-state index in [0.29, 0.717) is 28.8 Å². The van der Waals surface area contributed by atoms with Crippen LogP contribution in [0.25, 0.3) is 0 Å². The van der Waals surface area contributed by atoms with Crippen LogP contribution in [0.3, 0.4) is 0 Å². The van der Waals surface area contributed by atoms with Crippen LogP contribution in [0.1, 0.15) is 18.9 Å². The van der Waals surface area contributed by atoms with E-state index < -0.39 is 6.10 Å². The molecular weight excluding hydrogens is 215 g/mol. The van der Waals surface area contributed by atoms with E-state index in [2.05, 4.69) is 6.92 Å². The third kappa shape index (κ3) is 2.50. The van der Waals surface area contributed by atoms with Crippen molar-refractivity contribution in [2.24, 2.45) is 11.8 Å². The Hall–Kier alpha value is -0.600. The van der Waals surface area contributed by atoms with E-state index in [0.717, 1.165) is 6.42 Å². The fourth-order valence-corrected chi connectivity index (χ4v) is 2.16. The number of aliphatic hydroxyl groups excluding tert-OH is 1. The van der Waals surface area contributed by atoms with E-state index in [-0.39, 0.29) is 5.82 Å². The highest BCUT2D eigenvalue weighted by Gasteiger charge is 2.38. The van der Waals surface area contributed by atoms with Gasteiger partial charge in [-0.3, -0.25) is 0 Å². The molecule has 0 heterocycles. The van der Waals surface area contributed by atoms with E-state index in [1.807, 2.05) is 0 Å². The highest BCUT2D eigenvalue weighted by atomic mass is 35.5. The lowest BCUT2D eigenvalue weighted by molar-refractivity contribution is 0.145. The van der Waals surface area contributed by atoms with Crippen molar-refractivity contribution >= 4 is 11.6 Å². The summed E-state index contributed by atoms with van der Waals surface area (Å²) in [5.41, 5.74) is 0.508. The highest BCUT2D eigenvalue weighted by Crippen LogP contribution is 2.41. The van der Waals surface area contributed by atoms with Crippen molar-refractivity contribution in [2.75, 3.05) is 0 Å². The normalized spacial score (nSPS) is 26.4. The van der Waals surface area contributed by atoms with Gasteiger partial charge in [0.15, 0.2) is 0 Å². The summed E-state index contributed by atoms with van der Waals surface area (Å²) in [4.78, 5) is 0. The molecule has 15 heavy (non-hydrogen) atoms. The number of aliphatic hydroxyl groups is 1. The van der Waals surface area contributed by atoms with Gasteiger partial charge in [0.1, 0.15) is 5.82 Å².